The first kappa shape index (κ1) is 20.3. The number of hydrogen-bond donors (Lipinski definition) is 2. The van der Waals surface area contributed by atoms with E-state index < -0.39 is 5.41 Å². The highest BCUT2D eigenvalue weighted by Gasteiger charge is 2.48. The number of aromatic nitrogens is 6. The molecular weight excluding hydrogens is 430 g/mol. The van der Waals surface area contributed by atoms with Gasteiger partial charge in [-0.3, -0.25) is 4.79 Å². The van der Waals surface area contributed by atoms with Gasteiger partial charge in [-0.15, -0.1) is 0 Å². The van der Waals surface area contributed by atoms with E-state index in [1.54, 1.807) is 41.9 Å². The van der Waals surface area contributed by atoms with Crippen LogP contribution in [0.5, 0.6) is 5.88 Å². The van der Waals surface area contributed by atoms with Crippen molar-refractivity contribution in [3.05, 3.63) is 58.1 Å². The molecule has 0 saturated heterocycles. The van der Waals surface area contributed by atoms with Crippen molar-refractivity contribution in [1.29, 1.82) is 0 Å². The first-order valence-electron chi connectivity index (χ1n) is 10.2. The van der Waals surface area contributed by atoms with Crippen LogP contribution in [-0.2, 0) is 16.6 Å². The summed E-state index contributed by atoms with van der Waals surface area (Å²) in [6, 6.07) is 6.91. The van der Waals surface area contributed by atoms with E-state index >= 15 is 0 Å². The Morgan fingerprint density at radius 3 is 2.62 bits per heavy atom. The van der Waals surface area contributed by atoms with Gasteiger partial charge in [0.05, 0.1) is 17.5 Å². The van der Waals surface area contributed by atoms with Crippen LogP contribution in [0.25, 0.3) is 17.2 Å². The molecule has 10 heteroatoms. The van der Waals surface area contributed by atoms with Gasteiger partial charge in [0.15, 0.2) is 11.5 Å². The minimum atomic E-state index is -1.16. The van der Waals surface area contributed by atoms with Crippen molar-refractivity contribution < 1.29 is 9.90 Å². The summed E-state index contributed by atoms with van der Waals surface area (Å²) in [5, 5.41) is 18.6. The third-order valence-electron chi connectivity index (χ3n) is 5.71. The van der Waals surface area contributed by atoms with Gasteiger partial charge in [-0.25, -0.2) is 19.5 Å². The van der Waals surface area contributed by atoms with Gasteiger partial charge in [0.25, 0.3) is 0 Å². The minimum absolute atomic E-state index is 0.189. The zero-order valence-electron chi connectivity index (χ0n) is 17.7. The first-order valence-corrected chi connectivity index (χ1v) is 10.6. The van der Waals surface area contributed by atoms with Gasteiger partial charge in [0.2, 0.25) is 11.8 Å². The van der Waals surface area contributed by atoms with E-state index in [2.05, 4.69) is 37.3 Å². The van der Waals surface area contributed by atoms with Gasteiger partial charge in [-0.05, 0) is 38.0 Å². The fraction of sp³-hybridized carbons (Fsp3) is 0.273. The third kappa shape index (κ3) is 3.00. The predicted octanol–water partition coefficient (Wildman–Crippen LogP) is 3.46. The number of carbonyl (C=O) groups excluding carboxylic acids is 1. The van der Waals surface area contributed by atoms with Crippen LogP contribution in [-0.4, -0.2) is 40.6 Å². The fourth-order valence-corrected chi connectivity index (χ4v) is 4.21. The number of benzene rings is 1. The Hall–Kier alpha value is -3.59. The van der Waals surface area contributed by atoms with E-state index in [-0.39, 0.29) is 23.4 Å². The standard InChI is InChI=1S/C22H20ClN7O2/c1-4-5-14-19-24-11(2)29-30(19)10-15(25-14)17-26-18-16(20(31)27-17)22(3,21(32)28-18)12-6-8-13(23)9-7-12/h6-10H,4-5H2,1-3H3,(H2,26,27,28,31,32). The molecule has 32 heavy (non-hydrogen) atoms. The van der Waals surface area contributed by atoms with Crippen LogP contribution in [0.4, 0.5) is 5.82 Å². The maximum Gasteiger partial charge on any atom is 0.240 e. The van der Waals surface area contributed by atoms with Gasteiger partial charge in [0, 0.05) is 5.02 Å². The van der Waals surface area contributed by atoms with Gasteiger partial charge < -0.3 is 10.4 Å². The highest BCUT2D eigenvalue weighted by atomic mass is 35.5. The summed E-state index contributed by atoms with van der Waals surface area (Å²) in [6.07, 6.45) is 3.26. The molecule has 1 atom stereocenters. The molecule has 0 saturated carbocycles. The number of hydrogen-bond acceptors (Lipinski definition) is 7. The summed E-state index contributed by atoms with van der Waals surface area (Å²) in [5.74, 6) is 0.482. The van der Waals surface area contributed by atoms with E-state index in [0.29, 0.717) is 39.7 Å². The molecule has 2 N–H and O–H groups in total. The third-order valence-corrected chi connectivity index (χ3v) is 5.96. The van der Waals surface area contributed by atoms with E-state index in [1.165, 1.54) is 0 Å². The second-order valence-corrected chi connectivity index (χ2v) is 8.37. The molecular formula is C22H20ClN7O2. The number of nitrogens with one attached hydrogen (secondary N) is 1. The summed E-state index contributed by atoms with van der Waals surface area (Å²) in [4.78, 5) is 31.0. The van der Waals surface area contributed by atoms with Crippen LogP contribution in [0.15, 0.2) is 30.5 Å². The molecule has 1 aliphatic rings. The molecule has 1 aliphatic heterocycles. The molecule has 0 radical (unpaired) electrons. The van der Waals surface area contributed by atoms with Gasteiger partial charge in [-0.2, -0.15) is 10.1 Å². The largest absolute Gasteiger partial charge is 0.493 e. The Labute approximate surface area is 188 Å². The van der Waals surface area contributed by atoms with Crippen molar-refractivity contribution in [3.63, 3.8) is 0 Å². The maximum absolute atomic E-state index is 13.0. The van der Waals surface area contributed by atoms with Gasteiger partial charge >= 0.3 is 0 Å². The molecule has 1 unspecified atom stereocenters. The molecule has 3 aromatic heterocycles. The number of nitrogens with zero attached hydrogens (tertiary/aromatic N) is 6. The minimum Gasteiger partial charge on any atom is -0.493 e. The monoisotopic (exact) mass is 449 g/mol. The van der Waals surface area contributed by atoms with Crippen molar-refractivity contribution in [2.24, 2.45) is 0 Å². The van der Waals surface area contributed by atoms with Gasteiger partial charge in [-0.1, -0.05) is 37.1 Å². The molecule has 0 fully saturated rings. The topological polar surface area (TPSA) is 118 Å². The number of carbonyl (C=O) groups is 1. The Balaban J connectivity index is 1.66. The summed E-state index contributed by atoms with van der Waals surface area (Å²) in [6.45, 7) is 5.59. The fourth-order valence-electron chi connectivity index (χ4n) is 4.09. The lowest BCUT2D eigenvalue weighted by molar-refractivity contribution is -0.119. The van der Waals surface area contributed by atoms with Crippen molar-refractivity contribution >= 4 is 29.0 Å². The lowest BCUT2D eigenvalue weighted by Gasteiger charge is -2.22. The van der Waals surface area contributed by atoms with E-state index in [1.807, 2.05) is 6.92 Å². The predicted molar refractivity (Wildman–Crippen MR) is 119 cm³/mol. The zero-order valence-corrected chi connectivity index (χ0v) is 18.5. The summed E-state index contributed by atoms with van der Waals surface area (Å²) >= 11 is 6.01. The quantitative estimate of drug-likeness (QED) is 0.489. The number of aromatic hydroxyl groups is 1. The normalized spacial score (nSPS) is 17.6. The van der Waals surface area contributed by atoms with E-state index in [0.717, 1.165) is 12.1 Å². The van der Waals surface area contributed by atoms with Crippen LogP contribution in [0.1, 0.15) is 42.9 Å². The number of amides is 1. The Bertz CT molecular complexity index is 1380. The first-order chi connectivity index (χ1) is 15.3. The molecule has 0 aliphatic carbocycles. The van der Waals surface area contributed by atoms with Crippen LogP contribution >= 0.6 is 11.6 Å². The molecule has 4 aromatic rings. The Kier molecular flexibility index (Phi) is 4.59. The molecule has 1 aromatic carbocycles. The molecule has 0 bridgehead atoms. The SMILES string of the molecule is CCCc1nc(-c2nc(O)c3c(n2)NC(=O)C3(C)c2ccc(Cl)cc2)cn2nc(C)nc12. The van der Waals surface area contributed by atoms with Crippen molar-refractivity contribution in [2.45, 2.75) is 39.0 Å². The van der Waals surface area contributed by atoms with Crippen LogP contribution in [0.2, 0.25) is 5.02 Å². The van der Waals surface area contributed by atoms with Crippen LogP contribution in [0.3, 0.4) is 0 Å². The van der Waals surface area contributed by atoms with Crippen LogP contribution in [0, 0.1) is 6.92 Å². The summed E-state index contributed by atoms with van der Waals surface area (Å²) in [5.41, 5.74) is 1.72. The Morgan fingerprint density at radius 1 is 1.16 bits per heavy atom. The zero-order chi connectivity index (χ0) is 22.6. The smallest absolute Gasteiger partial charge is 0.240 e. The molecule has 4 heterocycles. The number of halogens is 1. The van der Waals surface area contributed by atoms with Crippen molar-refractivity contribution in [3.8, 4) is 17.4 Å². The number of fused-ring (bicyclic) bond motifs is 2. The van der Waals surface area contributed by atoms with Gasteiger partial charge in [0.1, 0.15) is 22.8 Å². The summed E-state index contributed by atoms with van der Waals surface area (Å²) in [7, 11) is 0. The second-order valence-electron chi connectivity index (χ2n) is 7.93. The average molecular weight is 450 g/mol. The highest BCUT2D eigenvalue weighted by molar-refractivity contribution is 6.30. The van der Waals surface area contributed by atoms with E-state index in [9.17, 15) is 9.90 Å². The van der Waals surface area contributed by atoms with Crippen molar-refractivity contribution in [1.82, 2.24) is 29.5 Å². The molecule has 1 amide bonds. The average Bonchev–Trinajstić information content (AvgIpc) is 3.25. The second kappa shape index (κ2) is 7.23. The Morgan fingerprint density at radius 2 is 1.91 bits per heavy atom. The molecule has 9 nitrogen and oxygen atoms in total. The lowest BCUT2D eigenvalue weighted by atomic mass is 9.78. The van der Waals surface area contributed by atoms with Crippen molar-refractivity contribution in [2.75, 3.05) is 5.32 Å². The highest BCUT2D eigenvalue weighted by Crippen LogP contribution is 2.46. The van der Waals surface area contributed by atoms with E-state index in [4.69, 9.17) is 11.6 Å². The maximum atomic E-state index is 13.0. The summed E-state index contributed by atoms with van der Waals surface area (Å²) < 4.78 is 1.65. The number of rotatable bonds is 4. The molecule has 5 rings (SSSR count). The van der Waals surface area contributed by atoms with Crippen LogP contribution < -0.4 is 5.32 Å². The molecule has 162 valence electrons. The molecule has 0 spiro atoms. The lowest BCUT2D eigenvalue weighted by Crippen LogP contribution is -2.32. The number of aryl methyl sites for hydroxylation is 2. The number of anilines is 1.